The SMILES string of the molecule is COC(=O)c1cnn(-c2ccc(C(=O)Nc3ccc(OC)c(Cl)c3)cc2)c1N. The molecule has 0 saturated carbocycles. The Morgan fingerprint density at radius 3 is 2.46 bits per heavy atom. The largest absolute Gasteiger partial charge is 0.495 e. The van der Waals surface area contributed by atoms with Crippen LogP contribution >= 0.6 is 11.6 Å². The van der Waals surface area contributed by atoms with Crippen LogP contribution in [-0.4, -0.2) is 35.9 Å². The number of hydrogen-bond acceptors (Lipinski definition) is 6. The van der Waals surface area contributed by atoms with E-state index in [1.807, 2.05) is 0 Å². The van der Waals surface area contributed by atoms with Gasteiger partial charge in [0.15, 0.2) is 0 Å². The molecule has 144 valence electrons. The number of carbonyl (C=O) groups excluding carboxylic acids is 2. The van der Waals surface area contributed by atoms with Crippen LogP contribution in [0.1, 0.15) is 20.7 Å². The molecule has 0 fully saturated rings. The van der Waals surface area contributed by atoms with Gasteiger partial charge in [-0.25, -0.2) is 9.48 Å². The minimum Gasteiger partial charge on any atom is -0.495 e. The number of carbonyl (C=O) groups is 2. The van der Waals surface area contributed by atoms with E-state index in [1.54, 1.807) is 42.5 Å². The van der Waals surface area contributed by atoms with Crippen molar-refractivity contribution in [1.29, 1.82) is 0 Å². The normalized spacial score (nSPS) is 10.4. The maximum atomic E-state index is 12.4. The summed E-state index contributed by atoms with van der Waals surface area (Å²) in [7, 11) is 2.78. The molecule has 1 aromatic heterocycles. The lowest BCUT2D eigenvalue weighted by Crippen LogP contribution is -2.12. The van der Waals surface area contributed by atoms with Crippen molar-refractivity contribution in [2.75, 3.05) is 25.3 Å². The molecule has 0 aliphatic rings. The summed E-state index contributed by atoms with van der Waals surface area (Å²) in [5.74, 6) is -0.210. The van der Waals surface area contributed by atoms with Gasteiger partial charge < -0.3 is 20.5 Å². The number of anilines is 2. The topological polar surface area (TPSA) is 108 Å². The zero-order valence-electron chi connectivity index (χ0n) is 15.1. The Bertz CT molecular complexity index is 1030. The van der Waals surface area contributed by atoms with Gasteiger partial charge in [-0.15, -0.1) is 0 Å². The lowest BCUT2D eigenvalue weighted by atomic mass is 10.2. The van der Waals surface area contributed by atoms with Gasteiger partial charge in [0.1, 0.15) is 17.1 Å². The first-order chi connectivity index (χ1) is 13.4. The van der Waals surface area contributed by atoms with Gasteiger partial charge in [-0.3, -0.25) is 4.79 Å². The minimum absolute atomic E-state index is 0.150. The smallest absolute Gasteiger partial charge is 0.343 e. The summed E-state index contributed by atoms with van der Waals surface area (Å²) in [4.78, 5) is 24.1. The van der Waals surface area contributed by atoms with Gasteiger partial charge in [0.05, 0.1) is 31.1 Å². The molecule has 0 radical (unpaired) electrons. The van der Waals surface area contributed by atoms with E-state index in [2.05, 4.69) is 15.2 Å². The van der Waals surface area contributed by atoms with Crippen molar-refractivity contribution in [2.45, 2.75) is 0 Å². The molecule has 1 amide bonds. The third-order valence-electron chi connectivity index (χ3n) is 4.00. The summed E-state index contributed by atoms with van der Waals surface area (Å²) in [5.41, 5.74) is 7.67. The molecule has 0 saturated heterocycles. The Morgan fingerprint density at radius 1 is 1.14 bits per heavy atom. The lowest BCUT2D eigenvalue weighted by molar-refractivity contribution is 0.0602. The number of nitrogens with zero attached hydrogens (tertiary/aromatic N) is 2. The van der Waals surface area contributed by atoms with Gasteiger partial charge in [0.2, 0.25) is 0 Å². The Balaban J connectivity index is 1.77. The molecule has 0 unspecified atom stereocenters. The Morgan fingerprint density at radius 2 is 1.86 bits per heavy atom. The highest BCUT2D eigenvalue weighted by molar-refractivity contribution is 6.32. The van der Waals surface area contributed by atoms with Crippen LogP contribution in [-0.2, 0) is 4.74 Å². The van der Waals surface area contributed by atoms with Gasteiger partial charge in [-0.2, -0.15) is 5.10 Å². The van der Waals surface area contributed by atoms with Crippen LogP contribution < -0.4 is 15.8 Å². The van der Waals surface area contributed by atoms with Crippen LogP contribution in [0.2, 0.25) is 5.02 Å². The number of nitrogens with one attached hydrogen (secondary N) is 1. The molecule has 9 heteroatoms. The fraction of sp³-hybridized carbons (Fsp3) is 0.105. The number of benzene rings is 2. The summed E-state index contributed by atoms with van der Waals surface area (Å²) in [5, 5.41) is 7.24. The first-order valence-electron chi connectivity index (χ1n) is 8.11. The van der Waals surface area contributed by atoms with Crippen LogP contribution in [0.15, 0.2) is 48.7 Å². The van der Waals surface area contributed by atoms with E-state index in [9.17, 15) is 9.59 Å². The molecule has 0 aliphatic carbocycles. The molecule has 8 nitrogen and oxygen atoms in total. The number of methoxy groups -OCH3 is 2. The zero-order chi connectivity index (χ0) is 20.3. The van der Waals surface area contributed by atoms with E-state index in [1.165, 1.54) is 25.1 Å². The van der Waals surface area contributed by atoms with Crippen molar-refractivity contribution in [3.63, 3.8) is 0 Å². The van der Waals surface area contributed by atoms with Crippen LogP contribution in [0.25, 0.3) is 5.69 Å². The summed E-state index contributed by atoms with van der Waals surface area (Å²) < 4.78 is 11.1. The number of nitrogens with two attached hydrogens (primary N) is 1. The number of hydrogen-bond donors (Lipinski definition) is 2. The summed E-state index contributed by atoms with van der Waals surface area (Å²) in [6.45, 7) is 0. The number of ether oxygens (including phenoxy) is 2. The standard InChI is InChI=1S/C19H17ClN4O4/c1-27-16-8-5-12(9-15(16)20)23-18(25)11-3-6-13(7-4-11)24-17(21)14(10-22-24)19(26)28-2/h3-10H,21H2,1-2H3,(H,23,25). The van der Waals surface area contributed by atoms with Gasteiger partial charge in [0.25, 0.3) is 5.91 Å². The molecule has 0 atom stereocenters. The molecule has 2 aromatic carbocycles. The zero-order valence-corrected chi connectivity index (χ0v) is 15.9. The van der Waals surface area contributed by atoms with Crippen LogP contribution in [0.4, 0.5) is 11.5 Å². The van der Waals surface area contributed by atoms with E-state index in [4.69, 9.17) is 22.1 Å². The predicted molar refractivity (Wildman–Crippen MR) is 105 cm³/mol. The van der Waals surface area contributed by atoms with E-state index in [0.717, 1.165) is 0 Å². The maximum Gasteiger partial charge on any atom is 0.343 e. The van der Waals surface area contributed by atoms with Crippen molar-refractivity contribution in [3.8, 4) is 11.4 Å². The van der Waals surface area contributed by atoms with E-state index >= 15 is 0 Å². The number of aromatic nitrogens is 2. The molecule has 0 aliphatic heterocycles. The number of rotatable bonds is 5. The highest BCUT2D eigenvalue weighted by Crippen LogP contribution is 2.27. The van der Waals surface area contributed by atoms with Gasteiger partial charge in [0, 0.05) is 11.3 Å². The Hall–Kier alpha value is -3.52. The van der Waals surface area contributed by atoms with Crippen LogP contribution in [0.3, 0.4) is 0 Å². The quantitative estimate of drug-likeness (QED) is 0.637. The second-order valence-corrected chi connectivity index (χ2v) is 6.10. The second kappa shape index (κ2) is 8.01. The fourth-order valence-electron chi connectivity index (χ4n) is 2.53. The molecular weight excluding hydrogens is 384 g/mol. The molecule has 1 heterocycles. The third kappa shape index (κ3) is 3.77. The molecule has 28 heavy (non-hydrogen) atoms. The number of nitrogen functional groups attached to an aromatic ring is 1. The molecular formula is C19H17ClN4O4. The molecule has 3 rings (SSSR count). The van der Waals surface area contributed by atoms with E-state index in [0.29, 0.717) is 27.7 Å². The minimum atomic E-state index is -0.571. The van der Waals surface area contributed by atoms with Crippen molar-refractivity contribution >= 4 is 35.0 Å². The Labute approximate surface area is 165 Å². The summed E-state index contributed by atoms with van der Waals surface area (Å²) in [6.07, 6.45) is 1.33. The van der Waals surface area contributed by atoms with Crippen molar-refractivity contribution in [1.82, 2.24) is 9.78 Å². The lowest BCUT2D eigenvalue weighted by Gasteiger charge is -2.09. The predicted octanol–water partition coefficient (Wildman–Crippen LogP) is 3.16. The van der Waals surface area contributed by atoms with Crippen molar-refractivity contribution < 1.29 is 19.1 Å². The number of halogens is 1. The molecule has 3 N–H and O–H groups in total. The molecule has 0 bridgehead atoms. The van der Waals surface area contributed by atoms with Crippen molar-refractivity contribution in [3.05, 3.63) is 64.8 Å². The molecule has 0 spiro atoms. The highest BCUT2D eigenvalue weighted by atomic mass is 35.5. The van der Waals surface area contributed by atoms with Crippen LogP contribution in [0, 0.1) is 0 Å². The summed E-state index contributed by atoms with van der Waals surface area (Å²) >= 11 is 6.07. The first-order valence-corrected chi connectivity index (χ1v) is 8.49. The highest BCUT2D eigenvalue weighted by Gasteiger charge is 2.16. The summed E-state index contributed by atoms with van der Waals surface area (Å²) in [6, 6.07) is 11.5. The van der Waals surface area contributed by atoms with Gasteiger partial charge in [-0.05, 0) is 42.5 Å². The Kier molecular flexibility index (Phi) is 5.51. The van der Waals surface area contributed by atoms with Crippen molar-refractivity contribution in [2.24, 2.45) is 0 Å². The second-order valence-electron chi connectivity index (χ2n) is 5.70. The first kappa shape index (κ1) is 19.2. The van der Waals surface area contributed by atoms with Gasteiger partial charge >= 0.3 is 5.97 Å². The number of esters is 1. The average molecular weight is 401 g/mol. The maximum absolute atomic E-state index is 12.4. The van der Waals surface area contributed by atoms with Gasteiger partial charge in [-0.1, -0.05) is 11.6 Å². The average Bonchev–Trinajstić information content (AvgIpc) is 3.09. The number of amides is 1. The molecule has 3 aromatic rings. The fourth-order valence-corrected chi connectivity index (χ4v) is 2.79. The van der Waals surface area contributed by atoms with E-state index < -0.39 is 5.97 Å². The third-order valence-corrected chi connectivity index (χ3v) is 4.29. The van der Waals surface area contributed by atoms with Crippen LogP contribution in [0.5, 0.6) is 5.75 Å². The van der Waals surface area contributed by atoms with E-state index in [-0.39, 0.29) is 17.3 Å². The monoisotopic (exact) mass is 400 g/mol.